The molecule has 0 bridgehead atoms. The number of hydrogen-bond acceptors (Lipinski definition) is 1. The van der Waals surface area contributed by atoms with E-state index in [-0.39, 0.29) is 6.03 Å². The first kappa shape index (κ1) is 16.1. The van der Waals surface area contributed by atoms with Gasteiger partial charge in [-0.2, -0.15) is 0 Å². The van der Waals surface area contributed by atoms with E-state index in [9.17, 15) is 4.79 Å². The van der Waals surface area contributed by atoms with Gasteiger partial charge in [-0.25, -0.2) is 4.79 Å². The predicted octanol–water partition coefficient (Wildman–Crippen LogP) is 4.08. The molecule has 0 aliphatic carbocycles. The second kappa shape index (κ2) is 7.64. The van der Waals surface area contributed by atoms with E-state index in [1.807, 2.05) is 38.1 Å². The first-order valence-electron chi connectivity index (χ1n) is 7.77. The van der Waals surface area contributed by atoms with Crippen LogP contribution in [0.1, 0.15) is 23.6 Å². The van der Waals surface area contributed by atoms with Crippen molar-refractivity contribution in [3.63, 3.8) is 0 Å². The third kappa shape index (κ3) is 4.35. The van der Waals surface area contributed by atoms with E-state index in [1.54, 1.807) is 4.90 Å². The molecule has 0 aliphatic heterocycles. The van der Waals surface area contributed by atoms with Crippen LogP contribution in [-0.4, -0.2) is 19.1 Å². The van der Waals surface area contributed by atoms with E-state index in [4.69, 9.17) is 0 Å². The van der Waals surface area contributed by atoms with Gasteiger partial charge >= 0.3 is 6.03 Å². The average molecular weight is 296 g/mol. The molecule has 2 aromatic rings. The highest BCUT2D eigenvalue weighted by molar-refractivity contribution is 5.91. The minimum absolute atomic E-state index is 0.0415. The summed E-state index contributed by atoms with van der Waals surface area (Å²) in [5.74, 6) is 0. The summed E-state index contributed by atoms with van der Waals surface area (Å²) in [7, 11) is 0. The first-order valence-corrected chi connectivity index (χ1v) is 7.77. The maximum absolute atomic E-state index is 12.3. The van der Waals surface area contributed by atoms with Crippen molar-refractivity contribution in [2.45, 2.75) is 27.2 Å². The summed E-state index contributed by atoms with van der Waals surface area (Å²) in [5.41, 5.74) is 4.59. The molecule has 0 fully saturated rings. The molecule has 0 radical (unpaired) electrons. The number of nitrogens with zero attached hydrogens (tertiary/aromatic N) is 1. The van der Waals surface area contributed by atoms with Gasteiger partial charge in [-0.1, -0.05) is 42.0 Å². The van der Waals surface area contributed by atoms with Gasteiger partial charge in [0.05, 0.1) is 0 Å². The van der Waals surface area contributed by atoms with Crippen molar-refractivity contribution in [3.05, 3.63) is 65.2 Å². The largest absolute Gasteiger partial charge is 0.337 e. The molecule has 0 saturated heterocycles. The quantitative estimate of drug-likeness (QED) is 0.886. The topological polar surface area (TPSA) is 32.3 Å². The molecule has 2 rings (SSSR count). The van der Waals surface area contributed by atoms with Gasteiger partial charge in [0.25, 0.3) is 0 Å². The number of rotatable bonds is 5. The van der Waals surface area contributed by atoms with E-state index >= 15 is 0 Å². The van der Waals surface area contributed by atoms with Crippen LogP contribution >= 0.6 is 0 Å². The molecule has 3 heteroatoms. The molecular weight excluding hydrogens is 272 g/mol. The van der Waals surface area contributed by atoms with Crippen molar-refractivity contribution in [2.24, 2.45) is 0 Å². The Bertz CT molecular complexity index is 620. The normalized spacial score (nSPS) is 10.3. The molecule has 3 nitrogen and oxygen atoms in total. The van der Waals surface area contributed by atoms with E-state index in [0.717, 1.165) is 17.7 Å². The van der Waals surface area contributed by atoms with Crippen LogP contribution in [0, 0.1) is 13.8 Å². The number of amides is 2. The highest BCUT2D eigenvalue weighted by atomic mass is 16.2. The van der Waals surface area contributed by atoms with E-state index < -0.39 is 0 Å². The fourth-order valence-corrected chi connectivity index (χ4v) is 2.40. The Labute approximate surface area is 133 Å². The molecule has 22 heavy (non-hydrogen) atoms. The van der Waals surface area contributed by atoms with E-state index in [0.29, 0.717) is 13.1 Å². The second-order valence-electron chi connectivity index (χ2n) is 5.55. The van der Waals surface area contributed by atoms with Crippen molar-refractivity contribution in [2.75, 3.05) is 18.0 Å². The van der Waals surface area contributed by atoms with Crippen molar-refractivity contribution in [3.8, 4) is 0 Å². The van der Waals surface area contributed by atoms with Gasteiger partial charge < -0.3 is 5.32 Å². The Morgan fingerprint density at radius 2 is 1.77 bits per heavy atom. The summed E-state index contributed by atoms with van der Waals surface area (Å²) in [5, 5.41) is 3.00. The Kier molecular flexibility index (Phi) is 5.59. The first-order chi connectivity index (χ1) is 10.6. The van der Waals surface area contributed by atoms with E-state index in [1.165, 1.54) is 11.1 Å². The molecule has 2 amide bonds. The zero-order valence-electron chi connectivity index (χ0n) is 13.6. The van der Waals surface area contributed by atoms with Crippen LogP contribution in [0.25, 0.3) is 0 Å². The summed E-state index contributed by atoms with van der Waals surface area (Å²) in [4.78, 5) is 14.1. The van der Waals surface area contributed by atoms with Gasteiger partial charge in [0, 0.05) is 18.8 Å². The van der Waals surface area contributed by atoms with Gasteiger partial charge in [0.15, 0.2) is 0 Å². The molecule has 0 heterocycles. The Morgan fingerprint density at radius 3 is 2.41 bits per heavy atom. The van der Waals surface area contributed by atoms with Gasteiger partial charge in [0.2, 0.25) is 0 Å². The molecule has 0 saturated carbocycles. The maximum Gasteiger partial charge on any atom is 0.321 e. The lowest BCUT2D eigenvalue weighted by Crippen LogP contribution is -2.40. The molecule has 0 atom stereocenters. The number of anilines is 1. The van der Waals surface area contributed by atoms with Crippen LogP contribution in [0.3, 0.4) is 0 Å². The highest BCUT2D eigenvalue weighted by Gasteiger charge is 2.13. The summed E-state index contributed by atoms with van der Waals surface area (Å²) in [6, 6.07) is 16.4. The number of carbonyl (C=O) groups is 1. The van der Waals surface area contributed by atoms with Crippen LogP contribution in [-0.2, 0) is 6.42 Å². The average Bonchev–Trinajstić information content (AvgIpc) is 2.50. The Balaban J connectivity index is 1.91. The summed E-state index contributed by atoms with van der Waals surface area (Å²) in [6.45, 7) is 7.39. The molecule has 1 N–H and O–H groups in total. The van der Waals surface area contributed by atoms with Crippen molar-refractivity contribution < 1.29 is 4.79 Å². The van der Waals surface area contributed by atoms with Crippen molar-refractivity contribution in [1.29, 1.82) is 0 Å². The van der Waals surface area contributed by atoms with Crippen LogP contribution in [0.2, 0.25) is 0 Å². The Morgan fingerprint density at radius 1 is 1.05 bits per heavy atom. The van der Waals surface area contributed by atoms with Crippen molar-refractivity contribution in [1.82, 2.24) is 5.32 Å². The Hall–Kier alpha value is -2.29. The number of carbonyl (C=O) groups excluding carboxylic acids is 1. The molecule has 0 aromatic heterocycles. The zero-order valence-corrected chi connectivity index (χ0v) is 13.6. The highest BCUT2D eigenvalue weighted by Crippen LogP contribution is 2.15. The molecule has 0 aliphatic rings. The summed E-state index contributed by atoms with van der Waals surface area (Å²) >= 11 is 0. The molecule has 0 spiro atoms. The minimum Gasteiger partial charge on any atom is -0.337 e. The van der Waals surface area contributed by atoms with Gasteiger partial charge in [-0.15, -0.1) is 0 Å². The predicted molar refractivity (Wildman–Crippen MR) is 92.5 cm³/mol. The van der Waals surface area contributed by atoms with Gasteiger partial charge in [-0.05, 0) is 50.5 Å². The lowest BCUT2D eigenvalue weighted by atomic mass is 10.1. The third-order valence-electron chi connectivity index (χ3n) is 3.69. The lowest BCUT2D eigenvalue weighted by molar-refractivity contribution is 0.246. The van der Waals surface area contributed by atoms with E-state index in [2.05, 4.69) is 36.5 Å². The zero-order chi connectivity index (χ0) is 15.9. The number of urea groups is 1. The number of hydrogen-bond donors (Lipinski definition) is 1. The smallest absolute Gasteiger partial charge is 0.321 e. The number of aryl methyl sites for hydroxylation is 2. The third-order valence-corrected chi connectivity index (χ3v) is 3.69. The van der Waals surface area contributed by atoms with Crippen molar-refractivity contribution >= 4 is 11.7 Å². The minimum atomic E-state index is -0.0415. The van der Waals surface area contributed by atoms with Gasteiger partial charge in [0.1, 0.15) is 0 Å². The maximum atomic E-state index is 12.3. The number of benzene rings is 2. The fourth-order valence-electron chi connectivity index (χ4n) is 2.40. The summed E-state index contributed by atoms with van der Waals surface area (Å²) in [6.07, 6.45) is 0.845. The number of nitrogens with one attached hydrogen (secondary N) is 1. The molecule has 116 valence electrons. The van der Waals surface area contributed by atoms with Crippen LogP contribution in [0.15, 0.2) is 48.5 Å². The van der Waals surface area contributed by atoms with Crippen LogP contribution in [0.5, 0.6) is 0 Å². The fraction of sp³-hybridized carbons (Fsp3) is 0.316. The molecular formula is C19H24N2O. The molecule has 2 aromatic carbocycles. The second-order valence-corrected chi connectivity index (χ2v) is 5.55. The monoisotopic (exact) mass is 296 g/mol. The summed E-state index contributed by atoms with van der Waals surface area (Å²) < 4.78 is 0. The van der Waals surface area contributed by atoms with Gasteiger partial charge in [-0.3, -0.25) is 4.90 Å². The lowest BCUT2D eigenvalue weighted by Gasteiger charge is -2.22. The standard InChI is InChI=1S/C19H24N2O/c1-4-21(18-7-5-6-16(3)14-18)19(22)20-13-12-17-10-8-15(2)9-11-17/h5-11,14H,4,12-13H2,1-3H3,(H,20,22). The SMILES string of the molecule is CCN(C(=O)NCCc1ccc(C)cc1)c1cccc(C)c1. The van der Waals surface area contributed by atoms with Crippen LogP contribution in [0.4, 0.5) is 10.5 Å². The van der Waals surface area contributed by atoms with Crippen LogP contribution < -0.4 is 10.2 Å². The molecule has 0 unspecified atom stereocenters.